The lowest BCUT2D eigenvalue weighted by Crippen LogP contribution is -2.16. The average molecular weight is 357 g/mol. The first-order valence-electron chi connectivity index (χ1n) is 6.44. The van der Waals surface area contributed by atoms with E-state index >= 15 is 0 Å². The molecule has 2 nitrogen and oxygen atoms in total. The fourth-order valence-corrected chi connectivity index (χ4v) is 2.51. The van der Waals surface area contributed by atoms with Crippen LogP contribution in [0.25, 0.3) is 0 Å². The van der Waals surface area contributed by atoms with Gasteiger partial charge in [-0.2, -0.15) is 0 Å². The third-order valence-corrected chi connectivity index (χ3v) is 3.80. The lowest BCUT2D eigenvalue weighted by Gasteiger charge is -2.13. The Hall–Kier alpha value is -1.46. The van der Waals surface area contributed by atoms with Crippen LogP contribution in [0.2, 0.25) is 0 Å². The number of hydrogen-bond acceptors (Lipinski definition) is 2. The van der Waals surface area contributed by atoms with Gasteiger partial charge in [0.1, 0.15) is 17.4 Å². The van der Waals surface area contributed by atoms with Crippen molar-refractivity contribution in [1.82, 2.24) is 0 Å². The molecule has 0 aliphatic rings. The topological polar surface area (TPSA) is 29.5 Å². The van der Waals surface area contributed by atoms with E-state index < -0.39 is 17.7 Å². The van der Waals surface area contributed by atoms with Gasteiger partial charge in [0.05, 0.1) is 17.7 Å². The highest BCUT2D eigenvalue weighted by atomic mass is 79.9. The van der Waals surface area contributed by atoms with Crippen LogP contribution in [-0.4, -0.2) is 18.3 Å². The van der Waals surface area contributed by atoms with Crippen LogP contribution in [0.3, 0.4) is 0 Å². The second kappa shape index (κ2) is 7.00. The van der Waals surface area contributed by atoms with E-state index in [0.29, 0.717) is 12.2 Å². The highest BCUT2D eigenvalue weighted by Crippen LogP contribution is 2.23. The first-order valence-corrected chi connectivity index (χ1v) is 7.24. The van der Waals surface area contributed by atoms with Crippen LogP contribution >= 0.6 is 15.9 Å². The molecule has 5 heteroatoms. The van der Waals surface area contributed by atoms with Gasteiger partial charge in [0, 0.05) is 12.0 Å². The Kier molecular flexibility index (Phi) is 5.31. The van der Waals surface area contributed by atoms with E-state index in [9.17, 15) is 13.9 Å². The summed E-state index contributed by atoms with van der Waals surface area (Å²) in [6.45, 7) is 0. The van der Waals surface area contributed by atoms with Crippen LogP contribution in [0.5, 0.6) is 5.75 Å². The smallest absolute Gasteiger partial charge is 0.143 e. The summed E-state index contributed by atoms with van der Waals surface area (Å²) in [5.41, 5.74) is 0.734. The van der Waals surface area contributed by atoms with E-state index in [-0.39, 0.29) is 16.5 Å². The quantitative estimate of drug-likeness (QED) is 0.823. The molecular weight excluding hydrogens is 342 g/mol. The summed E-state index contributed by atoms with van der Waals surface area (Å²) < 4.78 is 32.8. The molecule has 0 aliphatic carbocycles. The van der Waals surface area contributed by atoms with Crippen LogP contribution in [0, 0.1) is 11.6 Å². The Morgan fingerprint density at radius 3 is 2.67 bits per heavy atom. The predicted molar refractivity (Wildman–Crippen MR) is 80.5 cm³/mol. The zero-order valence-corrected chi connectivity index (χ0v) is 13.0. The molecule has 1 unspecified atom stereocenters. The summed E-state index contributed by atoms with van der Waals surface area (Å²) >= 11 is 3.02. The first-order chi connectivity index (χ1) is 10.0. The third-order valence-electron chi connectivity index (χ3n) is 3.18. The van der Waals surface area contributed by atoms with E-state index in [1.54, 1.807) is 25.3 Å². The first kappa shape index (κ1) is 15.9. The third kappa shape index (κ3) is 4.02. The van der Waals surface area contributed by atoms with E-state index in [1.807, 2.05) is 6.07 Å². The number of aliphatic hydroxyl groups is 1. The summed E-state index contributed by atoms with van der Waals surface area (Å²) in [6, 6.07) is 9.71. The number of aliphatic hydroxyl groups excluding tert-OH is 1. The Morgan fingerprint density at radius 1 is 1.19 bits per heavy atom. The SMILES string of the molecule is COc1cccc(CC(O)Cc2c(F)ccc(Br)c2F)c1. The van der Waals surface area contributed by atoms with Crippen molar-refractivity contribution in [2.75, 3.05) is 7.11 Å². The van der Waals surface area contributed by atoms with Gasteiger partial charge in [-0.25, -0.2) is 8.78 Å². The van der Waals surface area contributed by atoms with Gasteiger partial charge in [-0.05, 0) is 52.2 Å². The molecule has 2 rings (SSSR count). The highest BCUT2D eigenvalue weighted by Gasteiger charge is 2.16. The van der Waals surface area contributed by atoms with Crippen molar-refractivity contribution in [3.8, 4) is 5.75 Å². The zero-order valence-electron chi connectivity index (χ0n) is 11.4. The number of halogens is 3. The minimum atomic E-state index is -0.879. The number of rotatable bonds is 5. The van der Waals surface area contributed by atoms with Gasteiger partial charge in [0.2, 0.25) is 0 Å². The molecule has 112 valence electrons. The molecule has 0 heterocycles. The van der Waals surface area contributed by atoms with Crippen LogP contribution < -0.4 is 4.74 Å². The van der Waals surface area contributed by atoms with Crippen LogP contribution in [0.15, 0.2) is 40.9 Å². The molecule has 0 aliphatic heterocycles. The van der Waals surface area contributed by atoms with Gasteiger partial charge in [-0.3, -0.25) is 0 Å². The number of ether oxygens (including phenoxy) is 1. The Labute approximate surface area is 130 Å². The van der Waals surface area contributed by atoms with Crippen LogP contribution in [-0.2, 0) is 12.8 Å². The molecule has 21 heavy (non-hydrogen) atoms. The van der Waals surface area contributed by atoms with Crippen molar-refractivity contribution >= 4 is 15.9 Å². The summed E-state index contributed by atoms with van der Waals surface area (Å²) in [5, 5.41) is 10.1. The van der Waals surface area contributed by atoms with E-state index in [1.165, 1.54) is 12.1 Å². The van der Waals surface area contributed by atoms with Crippen LogP contribution in [0.4, 0.5) is 8.78 Å². The Balaban J connectivity index is 2.11. The summed E-state index contributed by atoms with van der Waals surface area (Å²) in [7, 11) is 1.56. The minimum Gasteiger partial charge on any atom is -0.497 e. The van der Waals surface area contributed by atoms with Crippen molar-refractivity contribution in [2.24, 2.45) is 0 Å². The molecule has 0 aromatic heterocycles. The van der Waals surface area contributed by atoms with Gasteiger partial charge in [0.15, 0.2) is 0 Å². The van der Waals surface area contributed by atoms with Gasteiger partial charge < -0.3 is 9.84 Å². The number of benzene rings is 2. The standard InChI is InChI=1S/C16H15BrF2O2/c1-21-12-4-2-3-10(8-12)7-11(20)9-13-15(18)6-5-14(17)16(13)19/h2-6,8,11,20H,7,9H2,1H3. The summed E-state index contributed by atoms with van der Waals surface area (Å²) in [5.74, 6) is -0.639. The highest BCUT2D eigenvalue weighted by molar-refractivity contribution is 9.10. The van der Waals surface area contributed by atoms with E-state index in [2.05, 4.69) is 15.9 Å². The maximum absolute atomic E-state index is 13.9. The van der Waals surface area contributed by atoms with E-state index in [0.717, 1.165) is 5.56 Å². The van der Waals surface area contributed by atoms with Crippen LogP contribution in [0.1, 0.15) is 11.1 Å². The van der Waals surface area contributed by atoms with E-state index in [4.69, 9.17) is 4.74 Å². The van der Waals surface area contributed by atoms with Crippen molar-refractivity contribution in [2.45, 2.75) is 18.9 Å². The molecule has 2 aromatic rings. The summed E-state index contributed by atoms with van der Waals surface area (Å²) in [4.78, 5) is 0. The van der Waals surface area contributed by atoms with Gasteiger partial charge in [-0.1, -0.05) is 12.1 Å². The molecule has 0 fully saturated rings. The molecular formula is C16H15BrF2O2. The Bertz CT molecular complexity index is 632. The monoisotopic (exact) mass is 356 g/mol. The molecule has 0 saturated heterocycles. The normalized spacial score (nSPS) is 12.2. The molecule has 0 saturated carbocycles. The van der Waals surface area contributed by atoms with Gasteiger partial charge in [0.25, 0.3) is 0 Å². The molecule has 0 spiro atoms. The largest absolute Gasteiger partial charge is 0.497 e. The number of methoxy groups -OCH3 is 1. The van der Waals surface area contributed by atoms with Crippen molar-refractivity contribution in [1.29, 1.82) is 0 Å². The molecule has 1 atom stereocenters. The van der Waals surface area contributed by atoms with Crippen molar-refractivity contribution < 1.29 is 18.6 Å². The molecule has 0 amide bonds. The van der Waals surface area contributed by atoms with Crippen molar-refractivity contribution in [3.63, 3.8) is 0 Å². The van der Waals surface area contributed by atoms with Crippen molar-refractivity contribution in [3.05, 3.63) is 63.6 Å². The van der Waals surface area contributed by atoms with Gasteiger partial charge in [-0.15, -0.1) is 0 Å². The molecule has 2 aromatic carbocycles. The average Bonchev–Trinajstić information content (AvgIpc) is 2.48. The lowest BCUT2D eigenvalue weighted by atomic mass is 10.0. The maximum atomic E-state index is 13.9. The minimum absolute atomic E-state index is 0.0890. The summed E-state index contributed by atoms with van der Waals surface area (Å²) in [6.07, 6.45) is -0.674. The fourth-order valence-electron chi connectivity index (χ4n) is 2.14. The maximum Gasteiger partial charge on any atom is 0.143 e. The zero-order chi connectivity index (χ0) is 15.4. The molecule has 0 radical (unpaired) electrons. The van der Waals surface area contributed by atoms with Gasteiger partial charge >= 0.3 is 0 Å². The predicted octanol–water partition coefficient (Wildman–Crippen LogP) is 3.88. The fraction of sp³-hybridized carbons (Fsp3) is 0.250. The molecule has 0 bridgehead atoms. The lowest BCUT2D eigenvalue weighted by molar-refractivity contribution is 0.172. The second-order valence-electron chi connectivity index (χ2n) is 4.74. The second-order valence-corrected chi connectivity index (χ2v) is 5.59. The Morgan fingerprint density at radius 2 is 1.95 bits per heavy atom. The molecule has 1 N–H and O–H groups in total. The number of hydrogen-bond donors (Lipinski definition) is 1.